The van der Waals surface area contributed by atoms with Gasteiger partial charge in [-0.3, -0.25) is 4.79 Å². The van der Waals surface area contributed by atoms with Gasteiger partial charge in [-0.2, -0.15) is 4.31 Å². The van der Waals surface area contributed by atoms with Crippen LogP contribution in [0.15, 0.2) is 29.2 Å². The number of esters is 2. The van der Waals surface area contributed by atoms with E-state index in [-0.39, 0.29) is 30.6 Å². The summed E-state index contributed by atoms with van der Waals surface area (Å²) in [5.74, 6) is -0.890. The molecule has 1 aromatic carbocycles. The number of hydrogen-bond donors (Lipinski definition) is 0. The smallest absolute Gasteiger partial charge is 0.330 e. The van der Waals surface area contributed by atoms with Crippen LogP contribution in [-0.4, -0.2) is 43.9 Å². The minimum absolute atomic E-state index is 0.00538. The van der Waals surface area contributed by atoms with Crippen LogP contribution in [0.3, 0.4) is 0 Å². The average molecular weight is 422 g/mol. The largest absolute Gasteiger partial charge is 0.466 e. The molecule has 0 N–H and O–H groups in total. The van der Waals surface area contributed by atoms with Crippen LogP contribution in [0.25, 0.3) is 6.08 Å². The zero-order valence-corrected chi connectivity index (χ0v) is 17.6. The molecule has 0 unspecified atom stereocenters. The number of carbonyl (C=O) groups excluding carboxylic acids is 2. The van der Waals surface area contributed by atoms with Gasteiger partial charge < -0.3 is 9.47 Å². The van der Waals surface area contributed by atoms with Crippen molar-refractivity contribution in [1.82, 2.24) is 4.31 Å². The first kappa shape index (κ1) is 21.5. The molecule has 1 saturated carbocycles. The first-order valence-electron chi connectivity index (χ1n) is 10.1. The highest BCUT2D eigenvalue weighted by Gasteiger charge is 2.47. The van der Waals surface area contributed by atoms with Crippen molar-refractivity contribution in [3.63, 3.8) is 0 Å². The van der Waals surface area contributed by atoms with Gasteiger partial charge in [0.1, 0.15) is 0 Å². The van der Waals surface area contributed by atoms with Gasteiger partial charge in [0.2, 0.25) is 10.0 Å². The second-order valence-corrected chi connectivity index (χ2v) is 8.99. The highest BCUT2D eigenvalue weighted by atomic mass is 32.2. The lowest BCUT2D eigenvalue weighted by molar-refractivity contribution is -0.144. The molecule has 0 spiro atoms. The predicted octanol–water partition coefficient (Wildman–Crippen LogP) is 3.20. The Hall–Kier alpha value is -2.19. The predicted molar refractivity (Wildman–Crippen MR) is 107 cm³/mol. The van der Waals surface area contributed by atoms with E-state index in [1.54, 1.807) is 32.0 Å². The van der Waals surface area contributed by atoms with E-state index < -0.39 is 28.0 Å². The summed E-state index contributed by atoms with van der Waals surface area (Å²) in [5, 5.41) is 0. The summed E-state index contributed by atoms with van der Waals surface area (Å²) in [6.45, 7) is 3.98. The van der Waals surface area contributed by atoms with Crippen LogP contribution < -0.4 is 0 Å². The maximum Gasteiger partial charge on any atom is 0.330 e. The second-order valence-electron chi connectivity index (χ2n) is 7.18. The molecular weight excluding hydrogens is 394 g/mol. The molecule has 1 heterocycles. The number of hydrogen-bond acceptors (Lipinski definition) is 6. The highest BCUT2D eigenvalue weighted by molar-refractivity contribution is 7.89. The van der Waals surface area contributed by atoms with Crippen molar-refractivity contribution in [3.8, 4) is 0 Å². The SMILES string of the molecule is CCOC(=O)/C=C/c1ccc2c(c1)S(=O)(=O)N(C1CCCC1)[C@H]2CC(=O)OCC. The molecule has 1 aliphatic carbocycles. The Balaban J connectivity index is 1.97. The maximum absolute atomic E-state index is 13.4. The van der Waals surface area contributed by atoms with Gasteiger partial charge in [-0.05, 0) is 50.0 Å². The van der Waals surface area contributed by atoms with E-state index in [4.69, 9.17) is 9.47 Å². The molecule has 0 bridgehead atoms. The van der Waals surface area contributed by atoms with Crippen molar-refractivity contribution in [1.29, 1.82) is 0 Å². The molecule has 7 nitrogen and oxygen atoms in total. The van der Waals surface area contributed by atoms with E-state index in [1.165, 1.54) is 16.5 Å². The van der Waals surface area contributed by atoms with Crippen molar-refractivity contribution in [2.24, 2.45) is 0 Å². The number of nitrogens with zero attached hydrogens (tertiary/aromatic N) is 1. The Morgan fingerprint density at radius 2 is 1.83 bits per heavy atom. The zero-order chi connectivity index (χ0) is 21.0. The highest BCUT2D eigenvalue weighted by Crippen LogP contribution is 2.46. The normalized spacial score (nSPS) is 21.4. The van der Waals surface area contributed by atoms with Crippen molar-refractivity contribution in [2.75, 3.05) is 13.2 Å². The molecule has 1 aliphatic heterocycles. The fourth-order valence-corrected chi connectivity index (χ4v) is 6.25. The fourth-order valence-electron chi connectivity index (χ4n) is 4.11. The van der Waals surface area contributed by atoms with Crippen molar-refractivity contribution < 1.29 is 27.5 Å². The number of carbonyl (C=O) groups is 2. The summed E-state index contributed by atoms with van der Waals surface area (Å²) < 4.78 is 38.2. The van der Waals surface area contributed by atoms with Gasteiger partial charge in [-0.1, -0.05) is 25.0 Å². The van der Waals surface area contributed by atoms with Gasteiger partial charge in [-0.15, -0.1) is 0 Å². The molecule has 0 aromatic heterocycles. The number of fused-ring (bicyclic) bond motifs is 1. The van der Waals surface area contributed by atoms with Gasteiger partial charge in [0.25, 0.3) is 0 Å². The Bertz CT molecular complexity index is 902. The third-order valence-electron chi connectivity index (χ3n) is 5.31. The average Bonchev–Trinajstić information content (AvgIpc) is 3.26. The lowest BCUT2D eigenvalue weighted by Crippen LogP contribution is -2.37. The van der Waals surface area contributed by atoms with Crippen LogP contribution in [0.4, 0.5) is 0 Å². The molecule has 1 fully saturated rings. The minimum Gasteiger partial charge on any atom is -0.466 e. The molecule has 1 atom stereocenters. The third kappa shape index (κ3) is 4.53. The first-order valence-corrected chi connectivity index (χ1v) is 11.5. The van der Waals surface area contributed by atoms with E-state index in [1.807, 2.05) is 0 Å². The number of sulfonamides is 1. The van der Waals surface area contributed by atoms with E-state index in [9.17, 15) is 18.0 Å². The van der Waals surface area contributed by atoms with Crippen LogP contribution >= 0.6 is 0 Å². The van der Waals surface area contributed by atoms with Gasteiger partial charge >= 0.3 is 11.9 Å². The van der Waals surface area contributed by atoms with Gasteiger partial charge in [0, 0.05) is 12.1 Å². The molecule has 0 amide bonds. The van der Waals surface area contributed by atoms with Crippen LogP contribution in [0.5, 0.6) is 0 Å². The van der Waals surface area contributed by atoms with Crippen LogP contribution in [-0.2, 0) is 29.1 Å². The molecule has 3 rings (SSSR count). The molecular formula is C21H27NO6S. The van der Waals surface area contributed by atoms with Crippen LogP contribution in [0.2, 0.25) is 0 Å². The Labute approximate surface area is 171 Å². The van der Waals surface area contributed by atoms with Crippen LogP contribution in [0.1, 0.15) is 63.1 Å². The topological polar surface area (TPSA) is 90.0 Å². The number of ether oxygens (including phenoxy) is 2. The fraction of sp³-hybridized carbons (Fsp3) is 0.524. The quantitative estimate of drug-likeness (QED) is 0.496. The first-order chi connectivity index (χ1) is 13.9. The summed E-state index contributed by atoms with van der Waals surface area (Å²) in [6.07, 6.45) is 6.35. The second kappa shape index (κ2) is 9.09. The molecule has 29 heavy (non-hydrogen) atoms. The summed E-state index contributed by atoms with van der Waals surface area (Å²) in [7, 11) is -3.74. The lowest BCUT2D eigenvalue weighted by Gasteiger charge is -2.28. The van der Waals surface area contributed by atoms with E-state index in [0.29, 0.717) is 11.1 Å². The Kier molecular flexibility index (Phi) is 6.74. The monoisotopic (exact) mass is 421 g/mol. The Morgan fingerprint density at radius 1 is 1.14 bits per heavy atom. The third-order valence-corrected chi connectivity index (χ3v) is 7.32. The number of benzene rings is 1. The maximum atomic E-state index is 13.4. The van der Waals surface area contributed by atoms with Crippen molar-refractivity contribution >= 4 is 28.0 Å². The minimum atomic E-state index is -3.74. The van der Waals surface area contributed by atoms with E-state index >= 15 is 0 Å². The van der Waals surface area contributed by atoms with Crippen molar-refractivity contribution in [3.05, 3.63) is 35.4 Å². The zero-order valence-electron chi connectivity index (χ0n) is 16.8. The lowest BCUT2D eigenvalue weighted by atomic mass is 10.0. The van der Waals surface area contributed by atoms with E-state index in [2.05, 4.69) is 0 Å². The summed E-state index contributed by atoms with van der Waals surface area (Å²) in [6, 6.07) is 4.38. The van der Waals surface area contributed by atoms with Crippen molar-refractivity contribution in [2.45, 2.75) is 62.9 Å². The van der Waals surface area contributed by atoms with E-state index in [0.717, 1.165) is 25.7 Å². The molecule has 2 aliphatic rings. The van der Waals surface area contributed by atoms with Gasteiger partial charge in [0.15, 0.2) is 0 Å². The number of rotatable bonds is 7. The van der Waals surface area contributed by atoms with Gasteiger partial charge in [-0.25, -0.2) is 13.2 Å². The summed E-state index contributed by atoms with van der Waals surface area (Å²) in [5.41, 5.74) is 1.20. The summed E-state index contributed by atoms with van der Waals surface area (Å²) in [4.78, 5) is 23.9. The summed E-state index contributed by atoms with van der Waals surface area (Å²) >= 11 is 0. The van der Waals surface area contributed by atoms with Gasteiger partial charge in [0.05, 0.1) is 30.6 Å². The molecule has 8 heteroatoms. The Morgan fingerprint density at radius 3 is 2.48 bits per heavy atom. The van der Waals surface area contributed by atoms with Crippen LogP contribution in [0, 0.1) is 0 Å². The molecule has 0 saturated heterocycles. The standard InChI is InChI=1S/C21H27NO6S/c1-3-27-20(23)12-10-15-9-11-17-18(14-21(24)28-4-2)22(16-7-5-6-8-16)29(25,26)19(17)13-15/h9-13,16,18H,3-8,14H2,1-2H3/b12-10+/t18-/m0/s1. The molecule has 158 valence electrons. The molecule has 0 radical (unpaired) electrons. The molecule has 1 aromatic rings.